The van der Waals surface area contributed by atoms with Crippen molar-refractivity contribution in [3.63, 3.8) is 0 Å². The van der Waals surface area contributed by atoms with Gasteiger partial charge in [0.2, 0.25) is 5.13 Å². The summed E-state index contributed by atoms with van der Waals surface area (Å²) in [6.45, 7) is 4.60. The lowest BCUT2D eigenvalue weighted by atomic mass is 10.1. The van der Waals surface area contributed by atoms with Crippen LogP contribution in [0.2, 0.25) is 0 Å². The molecule has 6 nitrogen and oxygen atoms in total. The lowest BCUT2D eigenvalue weighted by Crippen LogP contribution is -2.34. The average molecular weight is 349 g/mol. The quantitative estimate of drug-likeness (QED) is 0.749. The van der Waals surface area contributed by atoms with E-state index >= 15 is 0 Å². The van der Waals surface area contributed by atoms with Crippen molar-refractivity contribution >= 4 is 22.6 Å². The Morgan fingerprint density at radius 2 is 2.25 bits per heavy atom. The highest BCUT2D eigenvalue weighted by molar-refractivity contribution is 7.09. The van der Waals surface area contributed by atoms with Gasteiger partial charge in [-0.1, -0.05) is 19.1 Å². The number of nitrogens with zero attached hydrogens (tertiary/aromatic N) is 3. The van der Waals surface area contributed by atoms with Crippen LogP contribution < -0.4 is 9.64 Å². The van der Waals surface area contributed by atoms with Gasteiger partial charge in [0.25, 0.3) is 0 Å². The molecule has 1 N–H and O–H groups in total. The third-order valence-corrected chi connectivity index (χ3v) is 4.68. The fourth-order valence-electron chi connectivity index (χ4n) is 2.34. The summed E-state index contributed by atoms with van der Waals surface area (Å²) < 4.78 is 9.67. The molecule has 130 valence electrons. The largest absolute Gasteiger partial charge is 0.497 e. The molecule has 1 heterocycles. The molecule has 1 unspecified atom stereocenters. The lowest BCUT2D eigenvalue weighted by molar-refractivity contribution is -0.136. The summed E-state index contributed by atoms with van der Waals surface area (Å²) in [5.41, 5.74) is 1.08. The smallest absolute Gasteiger partial charge is 0.305 e. The van der Waals surface area contributed by atoms with Crippen molar-refractivity contribution in [1.82, 2.24) is 9.36 Å². The van der Waals surface area contributed by atoms with Gasteiger partial charge in [0.15, 0.2) is 0 Å². The normalized spacial score (nSPS) is 12.0. The molecule has 24 heavy (non-hydrogen) atoms. The first kappa shape index (κ1) is 18.2. The number of carbonyl (C=O) groups is 1. The summed E-state index contributed by atoms with van der Waals surface area (Å²) in [5, 5.41) is 9.72. The molecule has 0 radical (unpaired) electrons. The third kappa shape index (κ3) is 4.92. The second kappa shape index (κ2) is 8.63. The van der Waals surface area contributed by atoms with Crippen LogP contribution in [0.1, 0.15) is 38.1 Å². The average Bonchev–Trinajstić information content (AvgIpc) is 3.02. The summed E-state index contributed by atoms with van der Waals surface area (Å²) in [7, 11) is 1.64. The maximum Gasteiger partial charge on any atom is 0.305 e. The molecule has 2 rings (SSSR count). The molecule has 0 spiro atoms. The monoisotopic (exact) mass is 349 g/mol. The van der Waals surface area contributed by atoms with Crippen LogP contribution in [0.5, 0.6) is 5.75 Å². The lowest BCUT2D eigenvalue weighted by Gasteiger charge is -2.26. The van der Waals surface area contributed by atoms with Crippen LogP contribution in [0.3, 0.4) is 0 Å². The molecule has 2 aromatic rings. The predicted octanol–water partition coefficient (Wildman–Crippen LogP) is 3.22. The molecular formula is C17H23N3O3S. The second-order valence-electron chi connectivity index (χ2n) is 5.62. The first-order valence-electron chi connectivity index (χ1n) is 7.97. The number of aliphatic carboxylic acids is 1. The highest BCUT2D eigenvalue weighted by Gasteiger charge is 2.18. The van der Waals surface area contributed by atoms with Crippen LogP contribution in [0.15, 0.2) is 24.3 Å². The van der Waals surface area contributed by atoms with Crippen molar-refractivity contribution in [2.75, 3.05) is 18.6 Å². The number of aromatic nitrogens is 2. The standard InChI is InChI=1S/C17H23N3O3S/c1-4-12(2)20(9-8-16(21)22)17-18-15(19-24-17)11-13-6-5-7-14(10-13)23-3/h5-7,10,12H,4,8-9,11H2,1-3H3,(H,21,22). The van der Waals surface area contributed by atoms with Crippen LogP contribution in [0, 0.1) is 0 Å². The molecule has 1 atom stereocenters. The number of anilines is 1. The van der Waals surface area contributed by atoms with Gasteiger partial charge in [-0.25, -0.2) is 4.98 Å². The Bertz CT molecular complexity index is 675. The molecule has 0 aliphatic heterocycles. The summed E-state index contributed by atoms with van der Waals surface area (Å²) >= 11 is 1.32. The van der Waals surface area contributed by atoms with E-state index in [2.05, 4.69) is 23.2 Å². The van der Waals surface area contributed by atoms with Crippen LogP contribution in [0.4, 0.5) is 5.13 Å². The van der Waals surface area contributed by atoms with Gasteiger partial charge in [-0.2, -0.15) is 4.37 Å². The van der Waals surface area contributed by atoms with Crippen molar-refractivity contribution < 1.29 is 14.6 Å². The van der Waals surface area contributed by atoms with Crippen molar-refractivity contribution in [2.45, 2.75) is 39.2 Å². The zero-order valence-corrected chi connectivity index (χ0v) is 15.0. The maximum atomic E-state index is 10.9. The van der Waals surface area contributed by atoms with Gasteiger partial charge >= 0.3 is 5.97 Å². The van der Waals surface area contributed by atoms with Crippen molar-refractivity contribution in [3.05, 3.63) is 35.7 Å². The van der Waals surface area contributed by atoms with Crippen LogP contribution in [-0.2, 0) is 11.2 Å². The number of benzene rings is 1. The number of hydrogen-bond donors (Lipinski definition) is 1. The summed E-state index contributed by atoms with van der Waals surface area (Å²) in [6.07, 6.45) is 1.64. The SMILES string of the molecule is CCC(C)N(CCC(=O)O)c1nc(Cc2cccc(OC)c2)ns1. The summed E-state index contributed by atoms with van der Waals surface area (Å²) in [5.74, 6) is 0.752. The molecule has 0 saturated carbocycles. The van der Waals surface area contributed by atoms with Crippen LogP contribution in [-0.4, -0.2) is 40.1 Å². The van der Waals surface area contributed by atoms with E-state index < -0.39 is 5.97 Å². The van der Waals surface area contributed by atoms with Gasteiger partial charge in [0, 0.05) is 30.5 Å². The molecule has 7 heteroatoms. The Kier molecular flexibility index (Phi) is 6.54. The van der Waals surface area contributed by atoms with Gasteiger partial charge in [0.05, 0.1) is 13.5 Å². The Balaban J connectivity index is 2.12. The molecule has 0 fully saturated rings. The fourth-order valence-corrected chi connectivity index (χ4v) is 3.15. The second-order valence-corrected chi connectivity index (χ2v) is 6.35. The van der Waals surface area contributed by atoms with E-state index in [9.17, 15) is 4.79 Å². The van der Waals surface area contributed by atoms with Gasteiger partial charge < -0.3 is 14.7 Å². The minimum atomic E-state index is -0.801. The first-order valence-corrected chi connectivity index (χ1v) is 8.74. The Labute approximate surface area is 146 Å². The zero-order chi connectivity index (χ0) is 17.5. The van der Waals surface area contributed by atoms with E-state index in [1.807, 2.05) is 29.2 Å². The zero-order valence-electron chi connectivity index (χ0n) is 14.2. The van der Waals surface area contributed by atoms with Gasteiger partial charge in [0.1, 0.15) is 11.6 Å². The van der Waals surface area contributed by atoms with Gasteiger partial charge in [-0.15, -0.1) is 0 Å². The molecule has 1 aromatic heterocycles. The topological polar surface area (TPSA) is 75.6 Å². The van der Waals surface area contributed by atoms with Crippen molar-refractivity contribution in [1.29, 1.82) is 0 Å². The Hall–Kier alpha value is -2.15. The van der Waals surface area contributed by atoms with E-state index in [4.69, 9.17) is 9.84 Å². The number of hydrogen-bond acceptors (Lipinski definition) is 6. The Morgan fingerprint density at radius 1 is 1.46 bits per heavy atom. The van der Waals surface area contributed by atoms with E-state index in [0.29, 0.717) is 13.0 Å². The van der Waals surface area contributed by atoms with Gasteiger partial charge in [-0.05, 0) is 31.0 Å². The highest BCUT2D eigenvalue weighted by atomic mass is 32.1. The molecular weight excluding hydrogens is 326 g/mol. The van der Waals surface area contributed by atoms with Crippen molar-refractivity contribution in [3.8, 4) is 5.75 Å². The minimum Gasteiger partial charge on any atom is -0.497 e. The first-order chi connectivity index (χ1) is 11.5. The Morgan fingerprint density at radius 3 is 2.92 bits per heavy atom. The van der Waals surface area contributed by atoms with Crippen LogP contribution >= 0.6 is 11.5 Å². The molecule has 0 saturated heterocycles. The maximum absolute atomic E-state index is 10.9. The predicted molar refractivity (Wildman–Crippen MR) is 95.1 cm³/mol. The minimum absolute atomic E-state index is 0.0924. The highest BCUT2D eigenvalue weighted by Crippen LogP contribution is 2.23. The van der Waals surface area contributed by atoms with E-state index in [1.54, 1.807) is 7.11 Å². The van der Waals surface area contributed by atoms with E-state index in [-0.39, 0.29) is 12.5 Å². The molecule has 0 amide bonds. The third-order valence-electron chi connectivity index (χ3n) is 3.89. The number of carboxylic acid groups (broad SMARTS) is 1. The number of ether oxygens (including phenoxy) is 1. The van der Waals surface area contributed by atoms with Crippen LogP contribution in [0.25, 0.3) is 0 Å². The molecule has 0 aliphatic rings. The molecule has 0 aliphatic carbocycles. The fraction of sp³-hybridized carbons (Fsp3) is 0.471. The summed E-state index contributed by atoms with van der Waals surface area (Å²) in [4.78, 5) is 17.5. The van der Waals surface area contributed by atoms with E-state index in [1.165, 1.54) is 11.5 Å². The molecule has 1 aromatic carbocycles. The number of methoxy groups -OCH3 is 1. The van der Waals surface area contributed by atoms with E-state index in [0.717, 1.165) is 28.7 Å². The van der Waals surface area contributed by atoms with Crippen molar-refractivity contribution in [2.24, 2.45) is 0 Å². The molecule has 0 bridgehead atoms. The van der Waals surface area contributed by atoms with Gasteiger partial charge in [-0.3, -0.25) is 4.79 Å². The number of carboxylic acids is 1. The number of rotatable bonds is 9. The summed E-state index contributed by atoms with van der Waals surface area (Å²) in [6, 6.07) is 8.05.